The van der Waals surface area contributed by atoms with Crippen LogP contribution >= 0.6 is 0 Å². The molecule has 1 unspecified atom stereocenters. The highest BCUT2D eigenvalue weighted by molar-refractivity contribution is 7.92. The molecule has 0 aliphatic rings. The van der Waals surface area contributed by atoms with E-state index in [0.717, 1.165) is 22.3 Å². The first kappa shape index (κ1) is 22.6. The minimum Gasteiger partial charge on any atom is -0.348 e. The molecule has 3 aromatic carbocycles. The van der Waals surface area contributed by atoms with Crippen LogP contribution in [0.5, 0.6) is 0 Å². The van der Waals surface area contributed by atoms with E-state index in [-0.39, 0.29) is 23.4 Å². The molecule has 31 heavy (non-hydrogen) atoms. The quantitative estimate of drug-likeness (QED) is 0.585. The van der Waals surface area contributed by atoms with Gasteiger partial charge < -0.3 is 5.32 Å². The maximum Gasteiger partial charge on any atom is 0.264 e. The lowest BCUT2D eigenvalue weighted by molar-refractivity contribution is -0.120. The predicted molar refractivity (Wildman–Crippen MR) is 125 cm³/mol. The van der Waals surface area contributed by atoms with Crippen molar-refractivity contribution in [1.29, 1.82) is 0 Å². The first-order chi connectivity index (χ1) is 14.7. The Morgan fingerprint density at radius 1 is 0.871 bits per heavy atom. The molecule has 3 aromatic rings. The van der Waals surface area contributed by atoms with E-state index >= 15 is 0 Å². The highest BCUT2D eigenvalue weighted by Crippen LogP contribution is 2.25. The maximum absolute atomic E-state index is 13.4. The summed E-state index contributed by atoms with van der Waals surface area (Å²) in [6.07, 6.45) is 0. The van der Waals surface area contributed by atoms with E-state index in [1.54, 1.807) is 42.5 Å². The fraction of sp³-hybridized carbons (Fsp3) is 0.240. The third-order valence-corrected chi connectivity index (χ3v) is 6.93. The summed E-state index contributed by atoms with van der Waals surface area (Å²) in [4.78, 5) is 13.0. The van der Waals surface area contributed by atoms with Crippen molar-refractivity contribution in [3.05, 3.63) is 95.1 Å². The van der Waals surface area contributed by atoms with E-state index < -0.39 is 10.0 Å². The third kappa shape index (κ3) is 5.52. The Hall–Kier alpha value is -3.12. The van der Waals surface area contributed by atoms with Crippen molar-refractivity contribution in [2.75, 3.05) is 10.8 Å². The Kier molecular flexibility index (Phi) is 6.81. The van der Waals surface area contributed by atoms with Gasteiger partial charge in [-0.25, -0.2) is 8.42 Å². The predicted octanol–water partition coefficient (Wildman–Crippen LogP) is 4.68. The molecular formula is C25H28N2O3S. The van der Waals surface area contributed by atoms with Gasteiger partial charge in [0.25, 0.3) is 10.0 Å². The third-order valence-electron chi connectivity index (χ3n) is 5.14. The Balaban J connectivity index is 1.89. The van der Waals surface area contributed by atoms with Crippen LogP contribution < -0.4 is 9.62 Å². The number of amides is 1. The molecule has 0 radical (unpaired) electrons. The van der Waals surface area contributed by atoms with Crippen LogP contribution in [-0.2, 0) is 14.8 Å². The van der Waals surface area contributed by atoms with E-state index in [1.807, 2.05) is 58.0 Å². The van der Waals surface area contributed by atoms with Crippen molar-refractivity contribution >= 4 is 21.6 Å². The number of anilines is 1. The summed E-state index contributed by atoms with van der Waals surface area (Å²) in [5.41, 5.74) is 4.43. The maximum atomic E-state index is 13.4. The molecule has 162 valence electrons. The molecule has 0 saturated carbocycles. The van der Waals surface area contributed by atoms with Gasteiger partial charge in [-0.1, -0.05) is 59.7 Å². The molecule has 0 aliphatic carbocycles. The second-order valence-electron chi connectivity index (χ2n) is 7.86. The molecule has 5 nitrogen and oxygen atoms in total. The Labute approximate surface area is 184 Å². The van der Waals surface area contributed by atoms with E-state index in [0.29, 0.717) is 5.69 Å². The van der Waals surface area contributed by atoms with Gasteiger partial charge in [0, 0.05) is 0 Å². The Morgan fingerprint density at radius 3 is 2.03 bits per heavy atom. The van der Waals surface area contributed by atoms with Crippen LogP contribution in [0.1, 0.15) is 35.2 Å². The number of carbonyl (C=O) groups is 1. The van der Waals surface area contributed by atoms with Crippen LogP contribution in [0.15, 0.2) is 77.7 Å². The normalized spacial score (nSPS) is 12.3. The van der Waals surface area contributed by atoms with E-state index in [2.05, 4.69) is 5.32 Å². The second-order valence-corrected chi connectivity index (χ2v) is 9.73. The van der Waals surface area contributed by atoms with Crippen LogP contribution in [0.3, 0.4) is 0 Å². The van der Waals surface area contributed by atoms with Crippen molar-refractivity contribution in [3.8, 4) is 0 Å². The molecule has 3 rings (SSSR count). The number of aryl methyl sites for hydroxylation is 3. The van der Waals surface area contributed by atoms with Crippen molar-refractivity contribution in [1.82, 2.24) is 5.32 Å². The SMILES string of the molecule is Cc1ccc(C(C)NC(=O)CN(c2cccc(C)c2)S(=O)(=O)c2ccc(C)cc2)cc1. The first-order valence-electron chi connectivity index (χ1n) is 10.2. The van der Waals surface area contributed by atoms with Gasteiger partial charge >= 0.3 is 0 Å². The number of sulfonamides is 1. The fourth-order valence-electron chi connectivity index (χ4n) is 3.29. The van der Waals surface area contributed by atoms with Crippen LogP contribution in [-0.4, -0.2) is 20.9 Å². The number of benzene rings is 3. The molecule has 0 aromatic heterocycles. The average molecular weight is 437 g/mol. The van der Waals surface area contributed by atoms with E-state index in [1.165, 1.54) is 4.31 Å². The molecule has 0 spiro atoms. The molecule has 6 heteroatoms. The molecular weight excluding hydrogens is 408 g/mol. The summed E-state index contributed by atoms with van der Waals surface area (Å²) in [5.74, 6) is -0.370. The number of hydrogen-bond donors (Lipinski definition) is 1. The van der Waals surface area contributed by atoms with Crippen LogP contribution in [0.4, 0.5) is 5.69 Å². The van der Waals surface area contributed by atoms with Gasteiger partial charge in [0.05, 0.1) is 16.6 Å². The van der Waals surface area contributed by atoms with Crippen molar-refractivity contribution in [2.45, 2.75) is 38.6 Å². The summed E-state index contributed by atoms with van der Waals surface area (Å²) >= 11 is 0. The van der Waals surface area contributed by atoms with Gasteiger partial charge in [-0.15, -0.1) is 0 Å². The largest absolute Gasteiger partial charge is 0.348 e. The van der Waals surface area contributed by atoms with Gasteiger partial charge in [-0.2, -0.15) is 0 Å². The number of carbonyl (C=O) groups excluding carboxylic acids is 1. The molecule has 0 aliphatic heterocycles. The van der Waals surface area contributed by atoms with Gasteiger partial charge in [0.1, 0.15) is 6.54 Å². The first-order valence-corrected chi connectivity index (χ1v) is 11.6. The highest BCUT2D eigenvalue weighted by atomic mass is 32.2. The standard InChI is InChI=1S/C25H28N2O3S/c1-18-8-12-22(13-9-18)21(4)26-25(28)17-27(23-7-5-6-20(3)16-23)31(29,30)24-14-10-19(2)11-15-24/h5-16,21H,17H2,1-4H3,(H,26,28). The summed E-state index contributed by atoms with van der Waals surface area (Å²) in [5, 5.41) is 2.92. The smallest absolute Gasteiger partial charge is 0.264 e. The van der Waals surface area contributed by atoms with Crippen molar-refractivity contribution in [2.24, 2.45) is 0 Å². The number of hydrogen-bond acceptors (Lipinski definition) is 3. The molecule has 1 amide bonds. The number of nitrogens with zero attached hydrogens (tertiary/aromatic N) is 1. The van der Waals surface area contributed by atoms with Crippen molar-refractivity contribution < 1.29 is 13.2 Å². The number of nitrogens with one attached hydrogen (secondary N) is 1. The highest BCUT2D eigenvalue weighted by Gasteiger charge is 2.27. The van der Waals surface area contributed by atoms with E-state index in [4.69, 9.17) is 0 Å². The molecule has 1 N–H and O–H groups in total. The molecule has 0 fully saturated rings. The molecule has 0 heterocycles. The van der Waals surface area contributed by atoms with Crippen molar-refractivity contribution in [3.63, 3.8) is 0 Å². The summed E-state index contributed by atoms with van der Waals surface area (Å²) in [7, 11) is -3.92. The Bertz CT molecular complexity index is 1150. The summed E-state index contributed by atoms with van der Waals surface area (Å²) in [6, 6.07) is 21.4. The summed E-state index contributed by atoms with van der Waals surface area (Å²) < 4.78 is 28.0. The van der Waals surface area contributed by atoms with Crippen LogP contribution in [0.25, 0.3) is 0 Å². The molecule has 1 atom stereocenters. The average Bonchev–Trinajstić information content (AvgIpc) is 2.72. The lowest BCUT2D eigenvalue weighted by atomic mass is 10.1. The lowest BCUT2D eigenvalue weighted by Gasteiger charge is -2.25. The van der Waals surface area contributed by atoms with Crippen LogP contribution in [0, 0.1) is 20.8 Å². The molecule has 0 saturated heterocycles. The second kappa shape index (κ2) is 9.35. The van der Waals surface area contributed by atoms with E-state index in [9.17, 15) is 13.2 Å². The monoisotopic (exact) mass is 436 g/mol. The van der Waals surface area contributed by atoms with Gasteiger partial charge in [0.15, 0.2) is 0 Å². The van der Waals surface area contributed by atoms with Gasteiger partial charge in [-0.05, 0) is 63.1 Å². The Morgan fingerprint density at radius 2 is 1.45 bits per heavy atom. The zero-order valence-electron chi connectivity index (χ0n) is 18.3. The summed E-state index contributed by atoms with van der Waals surface area (Å²) in [6.45, 7) is 7.36. The fourth-order valence-corrected chi connectivity index (χ4v) is 4.70. The van der Waals surface area contributed by atoms with Gasteiger partial charge in [-0.3, -0.25) is 9.10 Å². The van der Waals surface area contributed by atoms with Crippen LogP contribution in [0.2, 0.25) is 0 Å². The minimum atomic E-state index is -3.92. The zero-order chi connectivity index (χ0) is 22.6. The number of rotatable bonds is 7. The zero-order valence-corrected chi connectivity index (χ0v) is 19.1. The lowest BCUT2D eigenvalue weighted by Crippen LogP contribution is -2.41. The molecule has 0 bridgehead atoms. The minimum absolute atomic E-state index is 0.152. The van der Waals surface area contributed by atoms with Gasteiger partial charge in [0.2, 0.25) is 5.91 Å². The topological polar surface area (TPSA) is 66.5 Å².